The van der Waals surface area contributed by atoms with Crippen LogP contribution in [-0.4, -0.2) is 42.4 Å². The third-order valence-corrected chi connectivity index (χ3v) is 21.7. The number of rotatable bonds is 9. The summed E-state index contributed by atoms with van der Waals surface area (Å²) in [4.78, 5) is 14.2. The van der Waals surface area contributed by atoms with Gasteiger partial charge in [-0.1, -0.05) is 267 Å². The normalized spacial score (nSPS) is 11.8. The Bertz CT molecular complexity index is 7690. The number of para-hydroxylation sites is 9. The first-order valence-corrected chi connectivity index (χ1v) is 37.2. The number of fused-ring (bicyclic) bond motifs is 20. The SMILES string of the molecule is c1ccc(-c2cnc(-n3c4ccccc4c4c3ccc3c5ccccc5n(-c5ccccc5)c34)o2)cc1.c1ccc(-c2cnc(-n3c4ccccc4c4cc5c(cc43)c3ccccc3n5-c3ccccc3)o2)cc1.c1ccc(-c2cnc(-n3c4ccccc4c4ccc5c(c6ccccc6n5-c5ccccc5)c43)o2)cc1. The molecule has 0 N–H and O–H groups in total. The summed E-state index contributed by atoms with van der Waals surface area (Å²) in [5, 5.41) is 14.3. The topological polar surface area (TPSA) is 108 Å². The first-order valence-electron chi connectivity index (χ1n) is 37.2. The minimum absolute atomic E-state index is 0.562. The molecule has 0 aliphatic rings. The Morgan fingerprint density at radius 2 is 0.441 bits per heavy atom. The fraction of sp³-hybridized carbons (Fsp3) is 0. The zero-order valence-corrected chi connectivity index (χ0v) is 59.6. The average Bonchev–Trinajstić information content (AvgIpc) is 1.56. The molecule has 0 fully saturated rings. The molecule has 9 heterocycles. The van der Waals surface area contributed by atoms with E-state index in [2.05, 4.69) is 300 Å². The molecule has 0 aliphatic carbocycles. The zero-order valence-electron chi connectivity index (χ0n) is 59.6. The number of nitrogens with zero attached hydrogens (tertiary/aromatic N) is 9. The molecule has 0 saturated heterocycles. The van der Waals surface area contributed by atoms with Crippen molar-refractivity contribution in [1.29, 1.82) is 0 Å². The Morgan fingerprint density at radius 1 is 0.180 bits per heavy atom. The highest BCUT2D eigenvalue weighted by Gasteiger charge is 2.27. The highest BCUT2D eigenvalue weighted by Crippen LogP contribution is 2.46. The van der Waals surface area contributed by atoms with Gasteiger partial charge in [-0.05, 0) is 97.1 Å². The second kappa shape index (κ2) is 25.8. The van der Waals surface area contributed by atoms with E-state index in [1.165, 1.54) is 92.2 Å². The van der Waals surface area contributed by atoms with Crippen molar-refractivity contribution in [2.75, 3.05) is 0 Å². The molecule has 0 atom stereocenters. The molecule has 12 heteroatoms. The monoisotopic (exact) mass is 1430 g/mol. The number of oxazole rings is 3. The van der Waals surface area contributed by atoms with Gasteiger partial charge in [-0.25, -0.2) is 15.0 Å². The standard InChI is InChI=1S/3C33H21N3O/c1-3-11-22(12-4-1)32-21-34-33(37-32)36-29-18-10-8-16-25(29)27-19-30-26(20-31(27)36)24-15-7-9-17-28(24)35(30)23-13-5-2-6-14-23;1-3-11-22(12-4-1)30-21-34-33(37-30)36-27-17-9-7-15-24(27)25-19-20-29-31(32(25)36)26-16-8-10-18-28(26)35(29)23-13-5-2-6-14-23;1-3-11-22(12-4-1)30-21-34-33(37-30)36-28-18-10-8-16-26(28)31-29(36)20-19-25-24-15-7-9-17-27(24)35(32(25)31)23-13-5-2-6-14-23/h3*1-21H. The number of benzene rings is 15. The van der Waals surface area contributed by atoms with E-state index in [0.717, 1.165) is 89.7 Å². The maximum absolute atomic E-state index is 6.43. The van der Waals surface area contributed by atoms with Crippen molar-refractivity contribution in [2.45, 2.75) is 0 Å². The van der Waals surface area contributed by atoms with Gasteiger partial charge in [0.1, 0.15) is 0 Å². The van der Waals surface area contributed by atoms with Gasteiger partial charge in [-0.2, -0.15) is 0 Å². The molecule has 111 heavy (non-hydrogen) atoms. The minimum Gasteiger partial charge on any atom is -0.423 e. The molecule has 0 bridgehead atoms. The van der Waals surface area contributed by atoms with Crippen LogP contribution in [0.4, 0.5) is 0 Å². The zero-order chi connectivity index (χ0) is 73.0. The molecule has 9 aromatic heterocycles. The van der Waals surface area contributed by atoms with Gasteiger partial charge in [0, 0.05) is 98.4 Å². The van der Waals surface area contributed by atoms with Crippen molar-refractivity contribution >= 4 is 131 Å². The Kier molecular flexibility index (Phi) is 14.6. The summed E-state index contributed by atoms with van der Waals surface area (Å²) >= 11 is 0. The predicted molar refractivity (Wildman–Crippen MR) is 452 cm³/mol. The predicted octanol–water partition coefficient (Wildman–Crippen LogP) is 25.6. The number of aromatic nitrogens is 9. The van der Waals surface area contributed by atoms with Gasteiger partial charge in [-0.3, -0.25) is 13.7 Å². The first kappa shape index (κ1) is 63.0. The molecule has 24 aromatic rings. The molecule has 0 aliphatic heterocycles. The van der Waals surface area contributed by atoms with Crippen LogP contribution in [0.5, 0.6) is 0 Å². The molecule has 0 amide bonds. The fourth-order valence-electron chi connectivity index (χ4n) is 16.9. The Labute approximate surface area is 634 Å². The quantitative estimate of drug-likeness (QED) is 0.142. The van der Waals surface area contributed by atoms with E-state index in [1.54, 1.807) is 0 Å². The van der Waals surface area contributed by atoms with Gasteiger partial charge < -0.3 is 27.0 Å². The van der Waals surface area contributed by atoms with Crippen LogP contribution in [0.2, 0.25) is 0 Å². The molecule has 522 valence electrons. The van der Waals surface area contributed by atoms with Crippen LogP contribution in [0, 0.1) is 0 Å². The van der Waals surface area contributed by atoms with Crippen LogP contribution >= 0.6 is 0 Å². The molecule has 0 radical (unpaired) electrons. The summed E-state index contributed by atoms with van der Waals surface area (Å²) in [5.74, 6) is 2.25. The summed E-state index contributed by atoms with van der Waals surface area (Å²) in [6.45, 7) is 0. The molecule has 15 aromatic carbocycles. The van der Waals surface area contributed by atoms with Crippen LogP contribution < -0.4 is 0 Å². The molecular formula is C99H63N9O3. The van der Waals surface area contributed by atoms with Crippen molar-refractivity contribution in [3.8, 4) is 69.1 Å². The van der Waals surface area contributed by atoms with Crippen LogP contribution in [-0.2, 0) is 0 Å². The van der Waals surface area contributed by atoms with Gasteiger partial charge in [0.05, 0.1) is 84.8 Å². The maximum Gasteiger partial charge on any atom is 0.307 e. The summed E-state index contributed by atoms with van der Waals surface area (Å²) in [6, 6.07) is 129. The minimum atomic E-state index is 0.562. The molecular weight excluding hydrogens is 1360 g/mol. The Balaban J connectivity index is 0.000000102. The van der Waals surface area contributed by atoms with Crippen LogP contribution in [0.15, 0.2) is 396 Å². The largest absolute Gasteiger partial charge is 0.423 e. The molecule has 0 spiro atoms. The third-order valence-electron chi connectivity index (χ3n) is 21.7. The van der Waals surface area contributed by atoms with Crippen molar-refractivity contribution in [3.63, 3.8) is 0 Å². The van der Waals surface area contributed by atoms with Crippen molar-refractivity contribution < 1.29 is 13.3 Å². The van der Waals surface area contributed by atoms with Gasteiger partial charge in [0.25, 0.3) is 0 Å². The van der Waals surface area contributed by atoms with E-state index in [0.29, 0.717) is 18.0 Å². The first-order chi connectivity index (χ1) is 55.1. The smallest absolute Gasteiger partial charge is 0.307 e. The third kappa shape index (κ3) is 10.1. The second-order valence-electron chi connectivity index (χ2n) is 27.8. The van der Waals surface area contributed by atoms with Crippen LogP contribution in [0.3, 0.4) is 0 Å². The van der Waals surface area contributed by atoms with Crippen LogP contribution in [0.25, 0.3) is 200 Å². The van der Waals surface area contributed by atoms with Crippen molar-refractivity contribution in [3.05, 3.63) is 383 Å². The van der Waals surface area contributed by atoms with Crippen molar-refractivity contribution in [1.82, 2.24) is 42.4 Å². The Morgan fingerprint density at radius 3 is 0.856 bits per heavy atom. The van der Waals surface area contributed by atoms with E-state index in [1.807, 2.05) is 110 Å². The molecule has 12 nitrogen and oxygen atoms in total. The molecule has 24 rings (SSSR count). The Hall–Kier alpha value is -15.3. The van der Waals surface area contributed by atoms with Gasteiger partial charge in [0.15, 0.2) is 17.3 Å². The molecule has 0 unspecified atom stereocenters. The lowest BCUT2D eigenvalue weighted by molar-refractivity contribution is 0.548. The van der Waals surface area contributed by atoms with Crippen molar-refractivity contribution in [2.24, 2.45) is 0 Å². The summed E-state index contributed by atoms with van der Waals surface area (Å²) in [6.07, 6.45) is 5.44. The van der Waals surface area contributed by atoms with E-state index in [4.69, 9.17) is 28.2 Å². The number of hydrogen-bond acceptors (Lipinski definition) is 6. The van der Waals surface area contributed by atoms with Gasteiger partial charge >= 0.3 is 18.0 Å². The van der Waals surface area contributed by atoms with E-state index in [9.17, 15) is 0 Å². The summed E-state index contributed by atoms with van der Waals surface area (Å²) in [7, 11) is 0. The maximum atomic E-state index is 6.43. The van der Waals surface area contributed by atoms with Gasteiger partial charge in [0.2, 0.25) is 0 Å². The summed E-state index contributed by atoms with van der Waals surface area (Å²) in [5.41, 5.74) is 20.0. The van der Waals surface area contributed by atoms with Gasteiger partial charge in [-0.15, -0.1) is 0 Å². The summed E-state index contributed by atoms with van der Waals surface area (Å²) < 4.78 is 32.7. The number of hydrogen-bond donors (Lipinski definition) is 0. The highest BCUT2D eigenvalue weighted by molar-refractivity contribution is 6.28. The lowest BCUT2D eigenvalue weighted by Gasteiger charge is -2.09. The average molecular weight is 1430 g/mol. The van der Waals surface area contributed by atoms with E-state index < -0.39 is 0 Å². The fourth-order valence-corrected chi connectivity index (χ4v) is 16.9. The van der Waals surface area contributed by atoms with E-state index in [-0.39, 0.29) is 0 Å². The lowest BCUT2D eigenvalue weighted by atomic mass is 10.1. The van der Waals surface area contributed by atoms with E-state index >= 15 is 0 Å². The highest BCUT2D eigenvalue weighted by atomic mass is 16.4. The second-order valence-corrected chi connectivity index (χ2v) is 27.8. The molecule has 0 saturated carbocycles. The van der Waals surface area contributed by atoms with Crippen LogP contribution in [0.1, 0.15) is 0 Å². The lowest BCUT2D eigenvalue weighted by Crippen LogP contribution is -1.95.